The second-order valence-electron chi connectivity index (χ2n) is 6.50. The first-order valence-electron chi connectivity index (χ1n) is 8.27. The van der Waals surface area contributed by atoms with Gasteiger partial charge in [-0.3, -0.25) is 0 Å². The van der Waals surface area contributed by atoms with Crippen molar-refractivity contribution in [2.24, 2.45) is 0 Å². The van der Waals surface area contributed by atoms with E-state index in [2.05, 4.69) is 25.3 Å². The number of sulfonamides is 1. The van der Waals surface area contributed by atoms with Gasteiger partial charge in [-0.05, 0) is 13.3 Å². The predicted molar refractivity (Wildman–Crippen MR) is 92.7 cm³/mol. The molecule has 1 saturated heterocycles. The van der Waals surface area contributed by atoms with Crippen molar-refractivity contribution < 1.29 is 26.0 Å². The number of aromatic nitrogens is 4. The smallest absolute Gasteiger partial charge is 0.348 e. The number of rotatable bonds is 4. The minimum absolute atomic E-state index is 0.0148. The van der Waals surface area contributed by atoms with Gasteiger partial charge in [0.2, 0.25) is 16.0 Å². The molecule has 3 heterocycles. The van der Waals surface area contributed by atoms with Gasteiger partial charge in [0.1, 0.15) is 28.9 Å². The topological polar surface area (TPSA) is 104 Å². The lowest BCUT2D eigenvalue weighted by atomic mass is 10.1. The Bertz CT molecular complexity index is 962. The Labute approximate surface area is 158 Å². The highest BCUT2D eigenvalue weighted by Crippen LogP contribution is 2.35. The third-order valence-electron chi connectivity index (χ3n) is 4.33. The van der Waals surface area contributed by atoms with Crippen LogP contribution >= 0.6 is 0 Å². The Balaban J connectivity index is 1.86. The number of aromatic amines is 1. The van der Waals surface area contributed by atoms with Gasteiger partial charge in [-0.25, -0.2) is 27.8 Å². The summed E-state index contributed by atoms with van der Waals surface area (Å²) < 4.78 is 78.3. The van der Waals surface area contributed by atoms with Gasteiger partial charge >= 0.3 is 6.18 Å². The van der Waals surface area contributed by atoms with Gasteiger partial charge in [-0.15, -0.1) is 0 Å². The van der Waals surface area contributed by atoms with E-state index < -0.39 is 39.7 Å². The van der Waals surface area contributed by atoms with E-state index in [0.717, 1.165) is 10.6 Å². The van der Waals surface area contributed by atoms with Crippen LogP contribution in [0.15, 0.2) is 12.4 Å². The van der Waals surface area contributed by atoms with Crippen molar-refractivity contribution >= 4 is 16.0 Å². The lowest BCUT2D eigenvalue weighted by Gasteiger charge is -2.33. The number of H-pyrrole nitrogens is 1. The highest BCUT2D eigenvalue weighted by molar-refractivity contribution is 7.88. The van der Waals surface area contributed by atoms with Crippen LogP contribution in [0.5, 0.6) is 0 Å². The lowest BCUT2D eigenvalue weighted by Crippen LogP contribution is -2.49. The molecular weight excluding hydrogens is 404 g/mol. The third-order valence-corrected chi connectivity index (χ3v) is 5.60. The van der Waals surface area contributed by atoms with Crippen LogP contribution in [0.1, 0.15) is 17.8 Å². The van der Waals surface area contributed by atoms with Gasteiger partial charge in [0.25, 0.3) is 0 Å². The average Bonchev–Trinajstić information content (AvgIpc) is 3.01. The molecule has 0 unspecified atom stereocenters. The molecule has 28 heavy (non-hydrogen) atoms. The Morgan fingerprint density at radius 2 is 2.04 bits per heavy atom. The van der Waals surface area contributed by atoms with Gasteiger partial charge in [0.05, 0.1) is 12.3 Å². The molecule has 8 nitrogen and oxygen atoms in total. The summed E-state index contributed by atoms with van der Waals surface area (Å²) in [6.45, 7) is 1.33. The number of nitrogens with zero attached hydrogens (tertiary/aromatic N) is 4. The highest BCUT2D eigenvalue weighted by Gasteiger charge is 2.37. The van der Waals surface area contributed by atoms with Crippen LogP contribution in [0.2, 0.25) is 0 Å². The third kappa shape index (κ3) is 4.41. The van der Waals surface area contributed by atoms with Crippen molar-refractivity contribution in [3.8, 4) is 11.4 Å². The molecule has 1 aliphatic rings. The van der Waals surface area contributed by atoms with Gasteiger partial charge in [0, 0.05) is 25.5 Å². The quantitative estimate of drug-likeness (QED) is 0.731. The van der Waals surface area contributed by atoms with Gasteiger partial charge in [-0.2, -0.15) is 17.5 Å². The van der Waals surface area contributed by atoms with Gasteiger partial charge < -0.3 is 10.3 Å². The number of hydrogen-bond acceptors (Lipinski definition) is 6. The van der Waals surface area contributed by atoms with Crippen molar-refractivity contribution in [2.45, 2.75) is 31.7 Å². The first kappa shape index (κ1) is 20.5. The molecule has 13 heteroatoms. The number of anilines is 1. The minimum atomic E-state index is -4.69. The predicted octanol–water partition coefficient (Wildman–Crippen LogP) is 1.98. The van der Waals surface area contributed by atoms with E-state index in [1.165, 1.54) is 6.20 Å². The molecular formula is C15H18F4N6O2S. The molecule has 154 valence electrons. The SMILES string of the molecule is Cc1nc(-c2nc(N[C@H]3CCN(S(C)(=O)=O)C[C@H]3F)ncc2C(F)(F)F)c[nH]1. The molecule has 0 spiro atoms. The number of alkyl halides is 4. The lowest BCUT2D eigenvalue weighted by molar-refractivity contribution is -0.137. The molecule has 1 fully saturated rings. The van der Waals surface area contributed by atoms with Crippen molar-refractivity contribution in [1.29, 1.82) is 0 Å². The number of aryl methyl sites for hydroxylation is 1. The number of hydrogen-bond donors (Lipinski definition) is 2. The molecule has 2 aromatic rings. The Kier molecular flexibility index (Phi) is 5.32. The maximum absolute atomic E-state index is 14.4. The maximum atomic E-state index is 14.4. The van der Waals surface area contributed by atoms with Crippen molar-refractivity contribution in [3.63, 3.8) is 0 Å². The first-order chi connectivity index (χ1) is 12.9. The summed E-state index contributed by atoms with van der Waals surface area (Å²) in [6.07, 6.45) is -3.23. The first-order valence-corrected chi connectivity index (χ1v) is 10.1. The summed E-state index contributed by atoms with van der Waals surface area (Å²) >= 11 is 0. The normalized spacial score (nSPS) is 21.6. The maximum Gasteiger partial charge on any atom is 0.420 e. The van der Waals surface area contributed by atoms with E-state index in [0.29, 0.717) is 12.0 Å². The summed E-state index contributed by atoms with van der Waals surface area (Å²) in [7, 11) is -3.52. The van der Waals surface area contributed by atoms with Crippen molar-refractivity contribution in [3.05, 3.63) is 23.8 Å². The van der Waals surface area contributed by atoms with E-state index in [1.807, 2.05) is 0 Å². The Morgan fingerprint density at radius 1 is 1.32 bits per heavy atom. The minimum Gasteiger partial charge on any atom is -0.348 e. The molecule has 2 atom stereocenters. The van der Waals surface area contributed by atoms with E-state index >= 15 is 0 Å². The monoisotopic (exact) mass is 422 g/mol. The van der Waals surface area contributed by atoms with Crippen LogP contribution in [-0.4, -0.2) is 64.2 Å². The highest BCUT2D eigenvalue weighted by atomic mass is 32.2. The van der Waals surface area contributed by atoms with E-state index in [9.17, 15) is 26.0 Å². The molecule has 0 aliphatic carbocycles. The molecule has 0 amide bonds. The molecule has 2 N–H and O–H groups in total. The molecule has 0 aromatic carbocycles. The largest absolute Gasteiger partial charge is 0.420 e. The Morgan fingerprint density at radius 3 is 2.57 bits per heavy atom. The van der Waals surface area contributed by atoms with Gasteiger partial charge in [-0.1, -0.05) is 0 Å². The summed E-state index contributed by atoms with van der Waals surface area (Å²) in [4.78, 5) is 14.2. The van der Waals surface area contributed by atoms with Crippen LogP contribution in [0.3, 0.4) is 0 Å². The second kappa shape index (κ2) is 7.28. The number of imidazole rings is 1. The van der Waals surface area contributed by atoms with Gasteiger partial charge in [0.15, 0.2) is 0 Å². The summed E-state index contributed by atoms with van der Waals surface area (Å²) in [5.74, 6) is 0.220. The standard InChI is InChI=1S/C15H18F4N6O2S/c1-8-20-6-12(22-8)13-9(15(17,18)19)5-21-14(24-13)23-11-3-4-25(7-10(11)16)28(2,26)27/h5-6,10-11H,3-4,7H2,1-2H3,(H,20,22)(H,21,23,24)/t10-,11+/m1/s1. The molecule has 0 radical (unpaired) electrons. The van der Waals surface area contributed by atoms with Crippen molar-refractivity contribution in [2.75, 3.05) is 24.7 Å². The van der Waals surface area contributed by atoms with Crippen LogP contribution < -0.4 is 5.32 Å². The molecule has 3 rings (SSSR count). The van der Waals surface area contributed by atoms with E-state index in [1.54, 1.807) is 6.92 Å². The van der Waals surface area contributed by atoms with Crippen LogP contribution in [0.4, 0.5) is 23.5 Å². The summed E-state index contributed by atoms with van der Waals surface area (Å²) in [6, 6.07) is -0.830. The van der Waals surface area contributed by atoms with Crippen LogP contribution in [-0.2, 0) is 16.2 Å². The number of halogens is 4. The van der Waals surface area contributed by atoms with Crippen LogP contribution in [0, 0.1) is 6.92 Å². The van der Waals surface area contributed by atoms with E-state index in [-0.39, 0.29) is 31.2 Å². The Hall–Kier alpha value is -2.28. The number of nitrogens with one attached hydrogen (secondary N) is 2. The molecule has 1 aliphatic heterocycles. The zero-order chi connectivity index (χ0) is 20.7. The molecule has 0 saturated carbocycles. The zero-order valence-electron chi connectivity index (χ0n) is 15.0. The fourth-order valence-electron chi connectivity index (χ4n) is 2.90. The molecule has 2 aromatic heterocycles. The fourth-order valence-corrected chi connectivity index (χ4v) is 3.75. The number of piperidine rings is 1. The van der Waals surface area contributed by atoms with Crippen LogP contribution in [0.25, 0.3) is 11.4 Å². The summed E-state index contributed by atoms with van der Waals surface area (Å²) in [5, 5.41) is 2.67. The zero-order valence-corrected chi connectivity index (χ0v) is 15.8. The fraction of sp³-hybridized carbons (Fsp3) is 0.533. The average molecular weight is 422 g/mol. The van der Waals surface area contributed by atoms with E-state index in [4.69, 9.17) is 0 Å². The van der Waals surface area contributed by atoms with Crippen molar-refractivity contribution in [1.82, 2.24) is 24.2 Å². The summed E-state index contributed by atoms with van der Waals surface area (Å²) in [5.41, 5.74) is -1.51. The second-order valence-corrected chi connectivity index (χ2v) is 8.48. The molecule has 0 bridgehead atoms.